The number of piperazine rings is 1. The molecule has 0 radical (unpaired) electrons. The van der Waals surface area contributed by atoms with Crippen molar-refractivity contribution in [2.75, 3.05) is 26.2 Å². The second-order valence-corrected chi connectivity index (χ2v) is 5.60. The van der Waals surface area contributed by atoms with Crippen LogP contribution in [-0.4, -0.2) is 31.1 Å². The summed E-state index contributed by atoms with van der Waals surface area (Å²) in [5, 5.41) is 4.99. The monoisotopic (exact) mass is 286 g/mol. The van der Waals surface area contributed by atoms with Crippen molar-refractivity contribution < 1.29 is 0 Å². The molecular weight excluding hydrogens is 267 g/mol. The van der Waals surface area contributed by atoms with Gasteiger partial charge < -0.3 is 5.32 Å². The van der Waals surface area contributed by atoms with Crippen molar-refractivity contribution >= 4 is 23.2 Å². The van der Waals surface area contributed by atoms with Crippen LogP contribution in [0.5, 0.6) is 0 Å². The fourth-order valence-electron chi connectivity index (χ4n) is 2.57. The highest BCUT2D eigenvalue weighted by atomic mass is 35.5. The first-order chi connectivity index (χ1) is 8.72. The lowest BCUT2D eigenvalue weighted by atomic mass is 10.00. The van der Waals surface area contributed by atoms with Crippen LogP contribution in [-0.2, 0) is 0 Å². The topological polar surface area (TPSA) is 15.3 Å². The highest BCUT2D eigenvalue weighted by Gasteiger charge is 2.23. The van der Waals surface area contributed by atoms with Gasteiger partial charge in [0.05, 0.1) is 0 Å². The van der Waals surface area contributed by atoms with Gasteiger partial charge in [0.1, 0.15) is 0 Å². The van der Waals surface area contributed by atoms with E-state index in [1.807, 2.05) is 18.2 Å². The molecule has 0 spiro atoms. The summed E-state index contributed by atoms with van der Waals surface area (Å²) in [6.07, 6.45) is 2.28. The summed E-state index contributed by atoms with van der Waals surface area (Å²) in [5.74, 6) is 0. The lowest BCUT2D eigenvalue weighted by Gasteiger charge is -2.35. The molecule has 1 aliphatic rings. The Morgan fingerprint density at radius 2 is 2.00 bits per heavy atom. The molecule has 1 heterocycles. The normalized spacial score (nSPS) is 18.8. The predicted molar refractivity (Wildman–Crippen MR) is 78.6 cm³/mol. The summed E-state index contributed by atoms with van der Waals surface area (Å²) in [5.41, 5.74) is 1.17. The maximum atomic E-state index is 6.34. The van der Waals surface area contributed by atoms with Crippen molar-refractivity contribution in [3.8, 4) is 0 Å². The van der Waals surface area contributed by atoms with Crippen LogP contribution in [0.1, 0.15) is 31.4 Å². The summed E-state index contributed by atoms with van der Waals surface area (Å²) in [6, 6.07) is 6.17. The molecule has 100 valence electrons. The molecule has 2 rings (SSSR count). The van der Waals surface area contributed by atoms with Crippen LogP contribution in [0.4, 0.5) is 0 Å². The van der Waals surface area contributed by atoms with E-state index in [2.05, 4.69) is 17.1 Å². The summed E-state index contributed by atoms with van der Waals surface area (Å²) in [6.45, 7) is 6.48. The third-order valence-corrected chi connectivity index (χ3v) is 4.05. The molecule has 2 nitrogen and oxygen atoms in total. The van der Waals surface area contributed by atoms with Crippen molar-refractivity contribution in [3.63, 3.8) is 0 Å². The largest absolute Gasteiger partial charge is 0.314 e. The molecule has 0 amide bonds. The first kappa shape index (κ1) is 14.1. The van der Waals surface area contributed by atoms with E-state index in [1.165, 1.54) is 5.56 Å². The van der Waals surface area contributed by atoms with Crippen molar-refractivity contribution in [2.24, 2.45) is 0 Å². The van der Waals surface area contributed by atoms with E-state index in [0.717, 1.165) is 49.1 Å². The van der Waals surface area contributed by atoms with Gasteiger partial charge in [-0.15, -0.1) is 0 Å². The Balaban J connectivity index is 2.24. The van der Waals surface area contributed by atoms with E-state index in [-0.39, 0.29) is 0 Å². The fourth-order valence-corrected chi connectivity index (χ4v) is 3.00. The van der Waals surface area contributed by atoms with E-state index in [0.29, 0.717) is 6.04 Å². The number of nitrogens with one attached hydrogen (secondary N) is 1. The average Bonchev–Trinajstić information content (AvgIpc) is 2.40. The molecule has 1 atom stereocenters. The summed E-state index contributed by atoms with van der Waals surface area (Å²) in [4.78, 5) is 2.51. The summed E-state index contributed by atoms with van der Waals surface area (Å²) < 4.78 is 0. The third-order valence-electron chi connectivity index (χ3n) is 3.47. The van der Waals surface area contributed by atoms with E-state index in [9.17, 15) is 0 Å². The van der Waals surface area contributed by atoms with Crippen molar-refractivity contribution in [2.45, 2.75) is 25.8 Å². The number of benzene rings is 1. The fraction of sp³-hybridized carbons (Fsp3) is 0.571. The maximum Gasteiger partial charge on any atom is 0.0454 e. The van der Waals surface area contributed by atoms with E-state index in [1.54, 1.807) is 0 Å². The molecule has 0 aliphatic carbocycles. The van der Waals surface area contributed by atoms with Gasteiger partial charge in [-0.1, -0.05) is 36.5 Å². The molecule has 1 aromatic carbocycles. The Labute approximate surface area is 119 Å². The van der Waals surface area contributed by atoms with Gasteiger partial charge in [-0.05, 0) is 30.2 Å². The summed E-state index contributed by atoms with van der Waals surface area (Å²) in [7, 11) is 0. The summed E-state index contributed by atoms with van der Waals surface area (Å²) >= 11 is 12.5. The smallest absolute Gasteiger partial charge is 0.0454 e. The average molecular weight is 287 g/mol. The van der Waals surface area contributed by atoms with Crippen molar-refractivity contribution in [3.05, 3.63) is 33.8 Å². The standard InChI is InChI=1S/C14H20Cl2N2/c1-2-3-14(18-8-6-17-7-9-18)12-10-11(15)4-5-13(12)16/h4-5,10,14,17H,2-3,6-9H2,1H3/t14-/m1/s1. The second kappa shape index (κ2) is 6.76. The Bertz CT molecular complexity index is 389. The van der Waals surface area contributed by atoms with Crippen molar-refractivity contribution in [1.29, 1.82) is 0 Å². The van der Waals surface area contributed by atoms with Gasteiger partial charge in [-0.2, -0.15) is 0 Å². The van der Waals surface area contributed by atoms with Gasteiger partial charge in [-0.25, -0.2) is 0 Å². The van der Waals surface area contributed by atoms with E-state index >= 15 is 0 Å². The molecule has 1 aliphatic heterocycles. The van der Waals surface area contributed by atoms with Gasteiger partial charge in [0.25, 0.3) is 0 Å². The molecule has 0 bridgehead atoms. The first-order valence-electron chi connectivity index (χ1n) is 6.62. The zero-order valence-corrected chi connectivity index (χ0v) is 12.3. The van der Waals surface area contributed by atoms with Crippen LogP contribution < -0.4 is 5.32 Å². The number of hydrogen-bond acceptors (Lipinski definition) is 2. The highest BCUT2D eigenvalue weighted by molar-refractivity contribution is 6.33. The predicted octanol–water partition coefficient (Wildman–Crippen LogP) is 3.74. The number of rotatable bonds is 4. The van der Waals surface area contributed by atoms with Crippen LogP contribution >= 0.6 is 23.2 Å². The Morgan fingerprint density at radius 3 is 2.67 bits per heavy atom. The van der Waals surface area contributed by atoms with E-state index in [4.69, 9.17) is 23.2 Å². The molecule has 4 heteroatoms. The minimum absolute atomic E-state index is 0.392. The molecule has 1 saturated heterocycles. The molecule has 0 saturated carbocycles. The maximum absolute atomic E-state index is 6.34. The van der Waals surface area contributed by atoms with Gasteiger partial charge in [0, 0.05) is 42.3 Å². The molecule has 1 aromatic rings. The second-order valence-electron chi connectivity index (χ2n) is 4.76. The third kappa shape index (κ3) is 3.39. The van der Waals surface area contributed by atoms with Gasteiger partial charge in [-0.3, -0.25) is 4.90 Å². The molecule has 18 heavy (non-hydrogen) atoms. The number of nitrogens with zero attached hydrogens (tertiary/aromatic N) is 1. The molecule has 1 N–H and O–H groups in total. The lowest BCUT2D eigenvalue weighted by molar-refractivity contribution is 0.164. The Hall–Kier alpha value is -0.280. The Morgan fingerprint density at radius 1 is 1.28 bits per heavy atom. The highest BCUT2D eigenvalue weighted by Crippen LogP contribution is 2.33. The molecule has 0 aromatic heterocycles. The number of hydrogen-bond donors (Lipinski definition) is 1. The van der Waals surface area contributed by atoms with Crippen LogP contribution in [0.25, 0.3) is 0 Å². The minimum atomic E-state index is 0.392. The minimum Gasteiger partial charge on any atom is -0.314 e. The SMILES string of the molecule is CCC[C@H](c1cc(Cl)ccc1Cl)N1CCNCC1. The lowest BCUT2D eigenvalue weighted by Crippen LogP contribution is -2.45. The molecule has 1 fully saturated rings. The molecule has 0 unspecified atom stereocenters. The van der Waals surface area contributed by atoms with Crippen LogP contribution in [0.3, 0.4) is 0 Å². The van der Waals surface area contributed by atoms with Crippen LogP contribution in [0, 0.1) is 0 Å². The van der Waals surface area contributed by atoms with Gasteiger partial charge in [0.15, 0.2) is 0 Å². The van der Waals surface area contributed by atoms with E-state index < -0.39 is 0 Å². The van der Waals surface area contributed by atoms with Crippen LogP contribution in [0.2, 0.25) is 10.0 Å². The van der Waals surface area contributed by atoms with Crippen LogP contribution in [0.15, 0.2) is 18.2 Å². The first-order valence-corrected chi connectivity index (χ1v) is 7.37. The van der Waals surface area contributed by atoms with Gasteiger partial charge >= 0.3 is 0 Å². The quantitative estimate of drug-likeness (QED) is 0.907. The zero-order chi connectivity index (χ0) is 13.0. The Kier molecular flexibility index (Phi) is 5.31. The zero-order valence-electron chi connectivity index (χ0n) is 10.8. The van der Waals surface area contributed by atoms with Gasteiger partial charge in [0.2, 0.25) is 0 Å². The van der Waals surface area contributed by atoms with Crippen molar-refractivity contribution in [1.82, 2.24) is 10.2 Å². The number of halogens is 2. The molecular formula is C14H20Cl2N2.